The topological polar surface area (TPSA) is 39.7 Å². The van der Waals surface area contributed by atoms with Crippen LogP contribution in [0.25, 0.3) is 0 Å². The molecule has 0 bridgehead atoms. The molecule has 0 radical (unpaired) electrons. The summed E-state index contributed by atoms with van der Waals surface area (Å²) < 4.78 is 32.0. The molecule has 30 heavy (non-hydrogen) atoms. The Balaban J connectivity index is 1.86. The van der Waals surface area contributed by atoms with Crippen molar-refractivity contribution in [2.45, 2.75) is 65.1 Å². The normalized spacial score (nSPS) is 20.2. The highest BCUT2D eigenvalue weighted by atomic mass is 19.1. The Hall–Kier alpha value is -2.37. The Morgan fingerprint density at radius 2 is 1.90 bits per heavy atom. The highest BCUT2D eigenvalue weighted by Crippen LogP contribution is 2.44. The van der Waals surface area contributed by atoms with Gasteiger partial charge in [-0.15, -0.1) is 0 Å². The second-order valence-electron chi connectivity index (χ2n) is 8.37. The maximum atomic E-state index is 13.1. The van der Waals surface area contributed by atoms with Crippen molar-refractivity contribution in [2.75, 3.05) is 11.9 Å². The molecule has 5 heteroatoms. The predicted molar refractivity (Wildman–Crippen MR) is 118 cm³/mol. The van der Waals surface area contributed by atoms with E-state index in [1.165, 1.54) is 12.1 Å². The van der Waals surface area contributed by atoms with E-state index in [4.69, 9.17) is 14.2 Å². The molecule has 0 aromatic heterocycles. The zero-order valence-electron chi connectivity index (χ0n) is 18.4. The summed E-state index contributed by atoms with van der Waals surface area (Å²) in [4.78, 5) is 0. The number of allylic oxidation sites excluding steroid dienone is 1. The minimum absolute atomic E-state index is 0.0420. The van der Waals surface area contributed by atoms with Crippen LogP contribution < -0.4 is 10.1 Å². The Kier molecular flexibility index (Phi) is 7.16. The molecule has 1 N–H and O–H groups in total. The minimum Gasteiger partial charge on any atom is -0.485 e. The van der Waals surface area contributed by atoms with Crippen LogP contribution in [0.1, 0.15) is 51.8 Å². The van der Waals surface area contributed by atoms with Gasteiger partial charge in [0.05, 0.1) is 12.7 Å². The maximum absolute atomic E-state index is 13.1. The molecule has 0 aliphatic carbocycles. The second-order valence-corrected chi connectivity index (χ2v) is 8.37. The highest BCUT2D eigenvalue weighted by Gasteiger charge is 2.45. The third kappa shape index (κ3) is 5.41. The van der Waals surface area contributed by atoms with E-state index in [1.807, 2.05) is 58.9 Å². The van der Waals surface area contributed by atoms with Crippen LogP contribution in [-0.2, 0) is 16.0 Å². The zero-order chi connectivity index (χ0) is 21.7. The predicted octanol–water partition coefficient (Wildman–Crippen LogP) is 6.04. The lowest BCUT2D eigenvalue weighted by Gasteiger charge is -2.44. The standard InChI is InChI=1S/C25H32FNO3/c1-6-7-14-28-24-23(29-17(2)3)21-15-20(12-13-22(21)30-25(24,4)5)27-16-18-8-10-19(26)11-9-18/h6-13,15,17,23-24,27H,14,16H2,1-5H3/b7-6+. The van der Waals surface area contributed by atoms with Gasteiger partial charge in [0.25, 0.3) is 0 Å². The fourth-order valence-corrected chi connectivity index (χ4v) is 3.63. The number of hydrogen-bond donors (Lipinski definition) is 1. The summed E-state index contributed by atoms with van der Waals surface area (Å²) in [6.07, 6.45) is 3.50. The first-order chi connectivity index (χ1) is 14.3. The van der Waals surface area contributed by atoms with Gasteiger partial charge in [-0.2, -0.15) is 0 Å². The lowest BCUT2D eigenvalue weighted by molar-refractivity contribution is -0.168. The van der Waals surface area contributed by atoms with Gasteiger partial charge in [-0.05, 0) is 70.5 Å². The first-order valence-electron chi connectivity index (χ1n) is 10.5. The first-order valence-corrected chi connectivity index (χ1v) is 10.5. The van der Waals surface area contributed by atoms with Gasteiger partial charge in [-0.3, -0.25) is 0 Å². The number of rotatable bonds is 8. The molecule has 2 atom stereocenters. The molecule has 0 fully saturated rings. The van der Waals surface area contributed by atoms with E-state index in [1.54, 1.807) is 12.1 Å². The van der Waals surface area contributed by atoms with Gasteiger partial charge in [0.15, 0.2) is 0 Å². The number of halogens is 1. The van der Waals surface area contributed by atoms with E-state index in [0.717, 1.165) is 22.6 Å². The first kappa shape index (κ1) is 22.3. The summed E-state index contributed by atoms with van der Waals surface area (Å²) in [6.45, 7) is 11.2. The number of fused-ring (bicyclic) bond motifs is 1. The average Bonchev–Trinajstić information content (AvgIpc) is 2.69. The molecular formula is C25H32FNO3. The van der Waals surface area contributed by atoms with E-state index in [9.17, 15) is 4.39 Å². The monoisotopic (exact) mass is 413 g/mol. The van der Waals surface area contributed by atoms with Gasteiger partial charge in [0.1, 0.15) is 29.4 Å². The van der Waals surface area contributed by atoms with E-state index in [2.05, 4.69) is 11.4 Å². The number of benzene rings is 2. The lowest BCUT2D eigenvalue weighted by Crippen LogP contribution is -2.51. The molecule has 0 amide bonds. The molecule has 162 valence electrons. The number of nitrogens with one attached hydrogen (secondary N) is 1. The van der Waals surface area contributed by atoms with E-state index < -0.39 is 5.60 Å². The maximum Gasteiger partial charge on any atom is 0.132 e. The van der Waals surface area contributed by atoms with Crippen molar-refractivity contribution in [3.8, 4) is 5.75 Å². The third-order valence-corrected chi connectivity index (χ3v) is 5.09. The van der Waals surface area contributed by atoms with Crippen LogP contribution in [-0.4, -0.2) is 24.4 Å². The summed E-state index contributed by atoms with van der Waals surface area (Å²) in [5, 5.41) is 3.41. The molecule has 2 aromatic carbocycles. The molecule has 4 nitrogen and oxygen atoms in total. The van der Waals surface area contributed by atoms with Crippen molar-refractivity contribution in [3.05, 3.63) is 71.6 Å². The lowest BCUT2D eigenvalue weighted by atomic mass is 9.87. The summed E-state index contributed by atoms with van der Waals surface area (Å²) in [6, 6.07) is 12.5. The molecule has 3 rings (SSSR count). The van der Waals surface area contributed by atoms with Gasteiger partial charge in [0.2, 0.25) is 0 Å². The molecule has 1 aliphatic rings. The van der Waals surface area contributed by atoms with Crippen molar-refractivity contribution in [2.24, 2.45) is 0 Å². The van der Waals surface area contributed by atoms with Crippen molar-refractivity contribution in [3.63, 3.8) is 0 Å². The van der Waals surface area contributed by atoms with Crippen LogP contribution in [0.4, 0.5) is 10.1 Å². The van der Waals surface area contributed by atoms with E-state index >= 15 is 0 Å². The molecule has 2 aromatic rings. The highest BCUT2D eigenvalue weighted by molar-refractivity contribution is 5.53. The van der Waals surface area contributed by atoms with Crippen molar-refractivity contribution in [1.82, 2.24) is 0 Å². The Bertz CT molecular complexity index is 861. The molecule has 2 unspecified atom stereocenters. The average molecular weight is 414 g/mol. The second kappa shape index (κ2) is 9.63. The quantitative estimate of drug-likeness (QED) is 0.536. The summed E-state index contributed by atoms with van der Waals surface area (Å²) in [5.74, 6) is 0.578. The van der Waals surface area contributed by atoms with Gasteiger partial charge >= 0.3 is 0 Å². The van der Waals surface area contributed by atoms with Gasteiger partial charge in [-0.1, -0.05) is 24.3 Å². The Morgan fingerprint density at radius 1 is 1.17 bits per heavy atom. The van der Waals surface area contributed by atoms with Crippen molar-refractivity contribution in [1.29, 1.82) is 0 Å². The number of ether oxygens (including phenoxy) is 3. The SMILES string of the molecule is C/C=C/COC1C(OC(C)C)c2cc(NCc3ccc(F)cc3)ccc2OC1(C)C. The van der Waals surface area contributed by atoms with Crippen LogP contribution >= 0.6 is 0 Å². The van der Waals surface area contributed by atoms with Crippen LogP contribution in [0.3, 0.4) is 0 Å². The van der Waals surface area contributed by atoms with Crippen LogP contribution in [0.5, 0.6) is 5.75 Å². The molecule has 1 aliphatic heterocycles. The largest absolute Gasteiger partial charge is 0.485 e. The van der Waals surface area contributed by atoms with Crippen LogP contribution in [0.2, 0.25) is 0 Å². The zero-order valence-corrected chi connectivity index (χ0v) is 18.4. The molecule has 0 saturated heterocycles. The number of anilines is 1. The van der Waals surface area contributed by atoms with Crippen LogP contribution in [0, 0.1) is 5.82 Å². The van der Waals surface area contributed by atoms with Crippen molar-refractivity contribution >= 4 is 5.69 Å². The molecular weight excluding hydrogens is 381 g/mol. The minimum atomic E-state index is -0.531. The Morgan fingerprint density at radius 3 is 2.57 bits per heavy atom. The van der Waals surface area contributed by atoms with Gasteiger partial charge in [0, 0.05) is 17.8 Å². The molecule has 0 spiro atoms. The smallest absolute Gasteiger partial charge is 0.132 e. The summed E-state index contributed by atoms with van der Waals surface area (Å²) >= 11 is 0. The van der Waals surface area contributed by atoms with Gasteiger partial charge < -0.3 is 19.5 Å². The fraction of sp³-hybridized carbons (Fsp3) is 0.440. The van der Waals surface area contributed by atoms with Gasteiger partial charge in [-0.25, -0.2) is 4.39 Å². The molecule has 0 saturated carbocycles. The fourth-order valence-electron chi connectivity index (χ4n) is 3.63. The number of hydrogen-bond acceptors (Lipinski definition) is 4. The summed E-state index contributed by atoms with van der Waals surface area (Å²) in [7, 11) is 0. The van der Waals surface area contributed by atoms with Crippen LogP contribution in [0.15, 0.2) is 54.6 Å². The third-order valence-electron chi connectivity index (χ3n) is 5.09. The van der Waals surface area contributed by atoms with E-state index in [-0.39, 0.29) is 24.1 Å². The van der Waals surface area contributed by atoms with E-state index in [0.29, 0.717) is 13.2 Å². The van der Waals surface area contributed by atoms with Crippen molar-refractivity contribution < 1.29 is 18.6 Å². The molecule has 1 heterocycles. The Labute approximate surface area is 179 Å². The summed E-state index contributed by atoms with van der Waals surface area (Å²) in [5.41, 5.74) is 2.40.